The molecule has 112 valence electrons. The Balaban J connectivity index is 2.03. The number of nitrogens with zero attached hydrogens (tertiary/aromatic N) is 1. The van der Waals surface area contributed by atoms with E-state index in [-0.39, 0.29) is 5.82 Å². The fourth-order valence-corrected chi connectivity index (χ4v) is 2.73. The smallest absolute Gasteiger partial charge is 0.146 e. The summed E-state index contributed by atoms with van der Waals surface area (Å²) in [6.07, 6.45) is 4.89. The molecule has 1 fully saturated rings. The van der Waals surface area contributed by atoms with E-state index in [1.54, 1.807) is 6.07 Å². The molecule has 0 aromatic heterocycles. The fraction of sp³-hybridized carbons (Fsp3) is 0.647. The first-order valence-electron chi connectivity index (χ1n) is 7.91. The van der Waals surface area contributed by atoms with Gasteiger partial charge < -0.3 is 10.2 Å². The molecule has 2 rings (SSSR count). The van der Waals surface area contributed by atoms with Crippen molar-refractivity contribution in [3.8, 4) is 0 Å². The van der Waals surface area contributed by atoms with Crippen LogP contribution in [0.5, 0.6) is 0 Å². The summed E-state index contributed by atoms with van der Waals surface area (Å²) in [7, 11) is 0. The van der Waals surface area contributed by atoms with E-state index in [0.717, 1.165) is 31.9 Å². The largest absolute Gasteiger partial charge is 0.369 e. The van der Waals surface area contributed by atoms with E-state index in [1.807, 2.05) is 12.1 Å². The van der Waals surface area contributed by atoms with Gasteiger partial charge in [0.2, 0.25) is 0 Å². The van der Waals surface area contributed by atoms with Gasteiger partial charge in [-0.2, -0.15) is 0 Å². The molecule has 1 aromatic rings. The lowest BCUT2D eigenvalue weighted by Gasteiger charge is -2.24. The van der Waals surface area contributed by atoms with Crippen LogP contribution in [0.3, 0.4) is 0 Å². The number of hydrogen-bond acceptors (Lipinski definition) is 2. The summed E-state index contributed by atoms with van der Waals surface area (Å²) >= 11 is 0. The fourth-order valence-electron chi connectivity index (χ4n) is 2.73. The zero-order valence-electron chi connectivity index (χ0n) is 12.8. The molecule has 1 N–H and O–H groups in total. The molecule has 0 radical (unpaired) electrons. The molecule has 0 aliphatic carbocycles. The second kappa shape index (κ2) is 7.63. The standard InChI is InChI=1S/C17H27FN2/c1-14(2)12-19-13-15-7-8-16(18)17(11-15)20-9-5-3-4-6-10-20/h7-8,11,14,19H,3-6,9-10,12-13H2,1-2H3. The molecule has 1 aliphatic heterocycles. The number of nitrogens with one attached hydrogen (secondary N) is 1. The number of hydrogen-bond donors (Lipinski definition) is 1. The van der Waals surface area contributed by atoms with E-state index >= 15 is 0 Å². The molecule has 1 heterocycles. The van der Waals surface area contributed by atoms with Gasteiger partial charge in [-0.05, 0) is 43.0 Å². The minimum atomic E-state index is -0.0838. The van der Waals surface area contributed by atoms with Crippen LogP contribution in [0.25, 0.3) is 0 Å². The van der Waals surface area contributed by atoms with Crippen molar-refractivity contribution in [1.82, 2.24) is 5.32 Å². The van der Waals surface area contributed by atoms with Gasteiger partial charge in [-0.15, -0.1) is 0 Å². The van der Waals surface area contributed by atoms with Crippen molar-refractivity contribution in [2.45, 2.75) is 46.1 Å². The van der Waals surface area contributed by atoms with Gasteiger partial charge in [0, 0.05) is 19.6 Å². The second-order valence-corrected chi connectivity index (χ2v) is 6.21. The maximum Gasteiger partial charge on any atom is 0.146 e. The third kappa shape index (κ3) is 4.48. The third-order valence-corrected chi connectivity index (χ3v) is 3.84. The Labute approximate surface area is 122 Å². The molecule has 0 amide bonds. The summed E-state index contributed by atoms with van der Waals surface area (Å²) in [5, 5.41) is 3.42. The van der Waals surface area contributed by atoms with Crippen LogP contribution in [0, 0.1) is 11.7 Å². The van der Waals surface area contributed by atoms with Crippen LogP contribution >= 0.6 is 0 Å². The van der Waals surface area contributed by atoms with Crippen molar-refractivity contribution in [3.05, 3.63) is 29.6 Å². The molecule has 3 heteroatoms. The SMILES string of the molecule is CC(C)CNCc1ccc(F)c(N2CCCCCC2)c1. The minimum Gasteiger partial charge on any atom is -0.369 e. The first kappa shape index (κ1) is 15.3. The highest BCUT2D eigenvalue weighted by molar-refractivity contribution is 5.50. The first-order chi connectivity index (χ1) is 9.66. The minimum absolute atomic E-state index is 0.0838. The number of anilines is 1. The van der Waals surface area contributed by atoms with E-state index < -0.39 is 0 Å². The third-order valence-electron chi connectivity index (χ3n) is 3.84. The summed E-state index contributed by atoms with van der Waals surface area (Å²) in [6.45, 7) is 8.18. The predicted octanol–water partition coefficient (Wildman–Crippen LogP) is 3.95. The summed E-state index contributed by atoms with van der Waals surface area (Å²) in [5.74, 6) is 0.556. The molecule has 20 heavy (non-hydrogen) atoms. The van der Waals surface area contributed by atoms with Crippen molar-refractivity contribution >= 4 is 5.69 Å². The Morgan fingerprint density at radius 3 is 2.50 bits per heavy atom. The van der Waals surface area contributed by atoms with Gasteiger partial charge in [-0.1, -0.05) is 32.8 Å². The maximum absolute atomic E-state index is 14.1. The van der Waals surface area contributed by atoms with Gasteiger partial charge in [-0.25, -0.2) is 4.39 Å². The lowest BCUT2D eigenvalue weighted by Crippen LogP contribution is -2.25. The highest BCUT2D eigenvalue weighted by Crippen LogP contribution is 2.24. The highest BCUT2D eigenvalue weighted by Gasteiger charge is 2.14. The molecule has 0 bridgehead atoms. The van der Waals surface area contributed by atoms with Crippen LogP contribution in [0.1, 0.15) is 45.1 Å². The quantitative estimate of drug-likeness (QED) is 0.877. The van der Waals surface area contributed by atoms with Crippen LogP contribution in [-0.2, 0) is 6.54 Å². The van der Waals surface area contributed by atoms with Crippen LogP contribution in [0.4, 0.5) is 10.1 Å². The van der Waals surface area contributed by atoms with Gasteiger partial charge in [-0.3, -0.25) is 0 Å². The molecule has 0 unspecified atom stereocenters. The van der Waals surface area contributed by atoms with Crippen molar-refractivity contribution in [3.63, 3.8) is 0 Å². The van der Waals surface area contributed by atoms with Crippen LogP contribution in [0.15, 0.2) is 18.2 Å². The van der Waals surface area contributed by atoms with Gasteiger partial charge in [0.25, 0.3) is 0 Å². The Morgan fingerprint density at radius 2 is 1.85 bits per heavy atom. The average molecular weight is 278 g/mol. The van der Waals surface area contributed by atoms with E-state index in [4.69, 9.17) is 0 Å². The molecular formula is C17H27FN2. The molecule has 0 saturated carbocycles. The zero-order chi connectivity index (χ0) is 14.4. The summed E-state index contributed by atoms with van der Waals surface area (Å²) in [5.41, 5.74) is 1.96. The van der Waals surface area contributed by atoms with Crippen molar-refractivity contribution in [2.24, 2.45) is 5.92 Å². The molecule has 1 aliphatic rings. The Morgan fingerprint density at radius 1 is 1.15 bits per heavy atom. The van der Waals surface area contributed by atoms with E-state index in [2.05, 4.69) is 24.1 Å². The topological polar surface area (TPSA) is 15.3 Å². The van der Waals surface area contributed by atoms with Gasteiger partial charge in [0.15, 0.2) is 0 Å². The number of rotatable bonds is 5. The monoisotopic (exact) mass is 278 g/mol. The summed E-state index contributed by atoms with van der Waals surface area (Å²) in [4.78, 5) is 2.22. The first-order valence-corrected chi connectivity index (χ1v) is 7.91. The van der Waals surface area contributed by atoms with Gasteiger partial charge >= 0.3 is 0 Å². The van der Waals surface area contributed by atoms with Crippen molar-refractivity contribution < 1.29 is 4.39 Å². The predicted molar refractivity (Wildman–Crippen MR) is 83.6 cm³/mol. The molecule has 1 aromatic carbocycles. The maximum atomic E-state index is 14.1. The van der Waals surface area contributed by atoms with Gasteiger partial charge in [0.05, 0.1) is 5.69 Å². The number of halogens is 1. The second-order valence-electron chi connectivity index (χ2n) is 6.21. The van der Waals surface area contributed by atoms with E-state index in [9.17, 15) is 4.39 Å². The molecule has 1 saturated heterocycles. The summed E-state index contributed by atoms with van der Waals surface area (Å²) < 4.78 is 14.1. The molecular weight excluding hydrogens is 251 g/mol. The lowest BCUT2D eigenvalue weighted by atomic mass is 10.1. The highest BCUT2D eigenvalue weighted by atomic mass is 19.1. The van der Waals surface area contributed by atoms with Crippen LogP contribution < -0.4 is 10.2 Å². The summed E-state index contributed by atoms with van der Waals surface area (Å²) in [6, 6.07) is 5.53. The Bertz CT molecular complexity index is 409. The molecule has 0 spiro atoms. The number of benzene rings is 1. The molecule has 2 nitrogen and oxygen atoms in total. The normalized spacial score (nSPS) is 16.5. The van der Waals surface area contributed by atoms with Crippen LogP contribution in [-0.4, -0.2) is 19.6 Å². The Kier molecular flexibility index (Phi) is 5.84. The molecule has 0 atom stereocenters. The lowest BCUT2D eigenvalue weighted by molar-refractivity contribution is 0.551. The van der Waals surface area contributed by atoms with E-state index in [1.165, 1.54) is 31.2 Å². The average Bonchev–Trinajstić information content (AvgIpc) is 2.69. The van der Waals surface area contributed by atoms with Crippen molar-refractivity contribution in [2.75, 3.05) is 24.5 Å². The zero-order valence-corrected chi connectivity index (χ0v) is 12.8. The Hall–Kier alpha value is -1.09. The van der Waals surface area contributed by atoms with Crippen molar-refractivity contribution in [1.29, 1.82) is 0 Å². The van der Waals surface area contributed by atoms with E-state index in [0.29, 0.717) is 5.92 Å². The van der Waals surface area contributed by atoms with Gasteiger partial charge in [0.1, 0.15) is 5.82 Å². The van der Waals surface area contributed by atoms with Crippen LogP contribution in [0.2, 0.25) is 0 Å².